The number of amides is 1. The number of carbonyl (C=O) groups is 1. The van der Waals surface area contributed by atoms with E-state index in [9.17, 15) is 4.79 Å². The van der Waals surface area contributed by atoms with Crippen molar-refractivity contribution >= 4 is 17.4 Å². The molecule has 5 heterocycles. The number of piperazine rings is 1. The number of fused-ring (bicyclic) bond motifs is 2. The molecule has 0 saturated carbocycles. The van der Waals surface area contributed by atoms with Crippen LogP contribution in [0.1, 0.15) is 36.1 Å². The van der Waals surface area contributed by atoms with Gasteiger partial charge < -0.3 is 9.80 Å². The topological polar surface area (TPSA) is 66.6 Å². The number of hydrogen-bond donors (Lipinski definition) is 0. The lowest BCUT2D eigenvalue weighted by Gasteiger charge is -2.38. The van der Waals surface area contributed by atoms with Crippen LogP contribution in [0.5, 0.6) is 0 Å². The lowest BCUT2D eigenvalue weighted by molar-refractivity contribution is -0.132. The molecule has 2 atom stereocenters. The predicted octanol–water partition coefficient (Wildman–Crippen LogP) is 2.80. The smallest absolute Gasteiger partial charge is 0.226 e. The van der Waals surface area contributed by atoms with Crippen molar-refractivity contribution in [3.8, 4) is 0 Å². The molecule has 7 heteroatoms. The second-order valence-corrected chi connectivity index (χ2v) is 8.63. The zero-order valence-corrected chi connectivity index (χ0v) is 17.7. The Labute approximate surface area is 176 Å². The van der Waals surface area contributed by atoms with Crippen LogP contribution in [0.2, 0.25) is 0 Å². The van der Waals surface area contributed by atoms with Gasteiger partial charge >= 0.3 is 0 Å². The zero-order chi connectivity index (χ0) is 20.7. The normalized spacial score (nSPS) is 21.5. The highest BCUT2D eigenvalue weighted by molar-refractivity contribution is 5.82. The number of anilines is 1. The monoisotopic (exact) mass is 404 g/mol. The fourth-order valence-corrected chi connectivity index (χ4v) is 4.86. The van der Waals surface area contributed by atoms with Crippen LogP contribution in [0.15, 0.2) is 36.8 Å². The van der Waals surface area contributed by atoms with E-state index in [4.69, 9.17) is 0 Å². The third-order valence-electron chi connectivity index (χ3n) is 6.72. The molecule has 1 unspecified atom stereocenters. The van der Waals surface area contributed by atoms with Gasteiger partial charge in [-0.3, -0.25) is 4.79 Å². The van der Waals surface area contributed by atoms with E-state index in [0.29, 0.717) is 11.9 Å². The highest BCUT2D eigenvalue weighted by atomic mass is 16.2. The number of hydrogen-bond acceptors (Lipinski definition) is 5. The van der Waals surface area contributed by atoms with Crippen LogP contribution in [0.25, 0.3) is 5.65 Å². The molecule has 2 fully saturated rings. The van der Waals surface area contributed by atoms with Gasteiger partial charge in [0.05, 0.1) is 6.04 Å². The number of nitrogens with zero attached hydrogens (tertiary/aromatic N) is 6. The van der Waals surface area contributed by atoms with Gasteiger partial charge in [0.2, 0.25) is 5.91 Å². The Morgan fingerprint density at radius 3 is 2.90 bits per heavy atom. The van der Waals surface area contributed by atoms with E-state index < -0.39 is 0 Å². The molecule has 3 aromatic rings. The van der Waals surface area contributed by atoms with Gasteiger partial charge in [0, 0.05) is 37.4 Å². The fraction of sp³-hybridized carbons (Fsp3) is 0.478. The summed E-state index contributed by atoms with van der Waals surface area (Å²) in [7, 11) is 0. The number of aryl methyl sites for hydroxylation is 3. The summed E-state index contributed by atoms with van der Waals surface area (Å²) in [5.74, 6) is 1.51. The summed E-state index contributed by atoms with van der Waals surface area (Å²) in [6.07, 6.45) is 7.32. The first-order chi connectivity index (χ1) is 14.6. The Morgan fingerprint density at radius 2 is 2.03 bits per heavy atom. The van der Waals surface area contributed by atoms with Gasteiger partial charge in [0.1, 0.15) is 12.1 Å². The van der Waals surface area contributed by atoms with E-state index in [1.165, 1.54) is 11.1 Å². The van der Waals surface area contributed by atoms with E-state index in [0.717, 1.165) is 62.5 Å². The van der Waals surface area contributed by atoms with Gasteiger partial charge in [-0.2, -0.15) is 5.10 Å². The molecule has 2 saturated heterocycles. The van der Waals surface area contributed by atoms with Gasteiger partial charge in [0.25, 0.3) is 0 Å². The Balaban J connectivity index is 1.20. The third-order valence-corrected chi connectivity index (χ3v) is 6.72. The van der Waals surface area contributed by atoms with Crippen LogP contribution in [0.3, 0.4) is 0 Å². The molecular formula is C23H28N6O. The van der Waals surface area contributed by atoms with E-state index >= 15 is 0 Å². The predicted molar refractivity (Wildman–Crippen MR) is 115 cm³/mol. The first kappa shape index (κ1) is 19.0. The maximum absolute atomic E-state index is 13.0. The molecule has 0 aliphatic carbocycles. The summed E-state index contributed by atoms with van der Waals surface area (Å²) in [6, 6.07) is 8.55. The van der Waals surface area contributed by atoms with Crippen molar-refractivity contribution in [3.05, 3.63) is 53.6 Å². The molecule has 0 aromatic carbocycles. The number of aromatic nitrogens is 4. The number of pyridine rings is 2. The Bertz CT molecular complexity index is 1080. The number of carbonyl (C=O) groups excluding carboxylic acids is 1. The summed E-state index contributed by atoms with van der Waals surface area (Å²) in [5, 5.41) is 4.31. The van der Waals surface area contributed by atoms with E-state index in [1.54, 1.807) is 6.33 Å². The Morgan fingerprint density at radius 1 is 1.13 bits per heavy atom. The standard InChI is InChI=1S/C23H28N6O/c1-16-11-22(24-13-17(16)2)27-9-10-28-20(14-27)12-18(23(28)30)5-3-6-19-7-4-8-21-25-15-26-29(19)21/h4,7-8,11,13,15,18,20H,3,5-6,9-10,12,14H2,1-2H3/t18?,20-/m0/s1. The van der Waals surface area contributed by atoms with Crippen molar-refractivity contribution in [2.45, 2.75) is 45.6 Å². The van der Waals surface area contributed by atoms with Crippen molar-refractivity contribution in [2.24, 2.45) is 5.92 Å². The molecule has 0 spiro atoms. The molecule has 30 heavy (non-hydrogen) atoms. The summed E-state index contributed by atoms with van der Waals surface area (Å²) < 4.78 is 1.90. The summed E-state index contributed by atoms with van der Waals surface area (Å²) in [5.41, 5.74) is 4.52. The van der Waals surface area contributed by atoms with Gasteiger partial charge in [-0.15, -0.1) is 0 Å². The maximum atomic E-state index is 13.0. The second kappa shape index (κ2) is 7.70. The van der Waals surface area contributed by atoms with Crippen LogP contribution >= 0.6 is 0 Å². The highest BCUT2D eigenvalue weighted by Gasteiger charge is 2.42. The average Bonchev–Trinajstić information content (AvgIpc) is 3.35. The van der Waals surface area contributed by atoms with Crippen molar-refractivity contribution in [2.75, 3.05) is 24.5 Å². The van der Waals surface area contributed by atoms with Crippen LogP contribution in [-0.2, 0) is 11.2 Å². The van der Waals surface area contributed by atoms with Crippen molar-refractivity contribution in [3.63, 3.8) is 0 Å². The van der Waals surface area contributed by atoms with Crippen LogP contribution in [0, 0.1) is 19.8 Å². The van der Waals surface area contributed by atoms with Crippen molar-refractivity contribution < 1.29 is 4.79 Å². The van der Waals surface area contributed by atoms with Crippen molar-refractivity contribution in [1.82, 2.24) is 24.5 Å². The van der Waals surface area contributed by atoms with Crippen LogP contribution in [0.4, 0.5) is 5.82 Å². The third kappa shape index (κ3) is 3.42. The van der Waals surface area contributed by atoms with Crippen LogP contribution < -0.4 is 4.90 Å². The molecule has 1 amide bonds. The Hall–Kier alpha value is -2.96. The molecule has 5 rings (SSSR count). The minimum Gasteiger partial charge on any atom is -0.353 e. The lowest BCUT2D eigenvalue weighted by Crippen LogP contribution is -2.51. The van der Waals surface area contributed by atoms with E-state index in [-0.39, 0.29) is 5.92 Å². The summed E-state index contributed by atoms with van der Waals surface area (Å²) >= 11 is 0. The molecule has 0 radical (unpaired) electrons. The molecule has 156 valence electrons. The molecule has 7 nitrogen and oxygen atoms in total. The number of rotatable bonds is 5. The van der Waals surface area contributed by atoms with E-state index in [2.05, 4.69) is 50.8 Å². The Kier molecular flexibility index (Phi) is 4.89. The highest BCUT2D eigenvalue weighted by Crippen LogP contribution is 2.32. The van der Waals surface area contributed by atoms with E-state index in [1.807, 2.05) is 22.8 Å². The largest absolute Gasteiger partial charge is 0.353 e. The van der Waals surface area contributed by atoms with Gasteiger partial charge in [0.15, 0.2) is 5.65 Å². The molecule has 3 aromatic heterocycles. The first-order valence-electron chi connectivity index (χ1n) is 10.9. The zero-order valence-electron chi connectivity index (χ0n) is 17.7. The first-order valence-corrected chi connectivity index (χ1v) is 10.9. The quantitative estimate of drug-likeness (QED) is 0.654. The van der Waals surface area contributed by atoms with Gasteiger partial charge in [-0.1, -0.05) is 6.07 Å². The summed E-state index contributed by atoms with van der Waals surface area (Å²) in [6.45, 7) is 6.76. The fourth-order valence-electron chi connectivity index (χ4n) is 4.86. The molecule has 0 bridgehead atoms. The maximum Gasteiger partial charge on any atom is 0.226 e. The van der Waals surface area contributed by atoms with Gasteiger partial charge in [-0.05, 0) is 68.9 Å². The average molecular weight is 405 g/mol. The summed E-state index contributed by atoms with van der Waals surface area (Å²) in [4.78, 5) is 26.3. The molecular weight excluding hydrogens is 376 g/mol. The van der Waals surface area contributed by atoms with Crippen molar-refractivity contribution in [1.29, 1.82) is 0 Å². The second-order valence-electron chi connectivity index (χ2n) is 8.63. The SMILES string of the molecule is Cc1cnc(N2CCN3C(=O)C(CCCc4cccc5ncnn45)C[C@H]3C2)cc1C. The van der Waals surface area contributed by atoms with Crippen LogP contribution in [-0.4, -0.2) is 56.1 Å². The molecule has 2 aliphatic rings. The van der Waals surface area contributed by atoms with Gasteiger partial charge in [-0.25, -0.2) is 14.5 Å². The minimum absolute atomic E-state index is 0.137. The molecule has 0 N–H and O–H groups in total. The molecule has 2 aliphatic heterocycles. The minimum atomic E-state index is 0.137. The lowest BCUT2D eigenvalue weighted by atomic mass is 9.97.